The third-order valence-electron chi connectivity index (χ3n) is 4.82. The molecule has 2 aliphatic rings. The Labute approximate surface area is 127 Å². The predicted octanol–water partition coefficient (Wildman–Crippen LogP) is 1.71. The molecule has 2 amide bonds. The van der Waals surface area contributed by atoms with Crippen LogP contribution in [0.25, 0.3) is 0 Å². The van der Waals surface area contributed by atoms with Crippen molar-refractivity contribution in [2.45, 2.75) is 64.5 Å². The third-order valence-corrected chi connectivity index (χ3v) is 4.82. The van der Waals surface area contributed by atoms with Crippen LogP contribution in [0.5, 0.6) is 0 Å². The molecule has 2 rings (SSSR count). The molecule has 1 N–H and O–H groups in total. The van der Waals surface area contributed by atoms with E-state index >= 15 is 0 Å². The average Bonchev–Trinajstić information content (AvgIpc) is 3.30. The van der Waals surface area contributed by atoms with Crippen LogP contribution in [0.15, 0.2) is 0 Å². The van der Waals surface area contributed by atoms with Crippen molar-refractivity contribution in [2.24, 2.45) is 5.92 Å². The van der Waals surface area contributed by atoms with Gasteiger partial charge in [-0.1, -0.05) is 13.8 Å². The summed E-state index contributed by atoms with van der Waals surface area (Å²) in [6, 6.07) is -0.382. The SMILES string of the molecule is CCC1(CC)NC(=O)C(C)N(CCCOCC2CC2)C1=O. The first-order valence-corrected chi connectivity index (χ1v) is 8.25. The summed E-state index contributed by atoms with van der Waals surface area (Å²) in [4.78, 5) is 26.6. The molecule has 0 bridgehead atoms. The van der Waals surface area contributed by atoms with Crippen LogP contribution >= 0.6 is 0 Å². The highest BCUT2D eigenvalue weighted by molar-refractivity contribution is 5.99. The van der Waals surface area contributed by atoms with E-state index in [2.05, 4.69) is 5.32 Å². The van der Waals surface area contributed by atoms with E-state index in [9.17, 15) is 9.59 Å². The Hall–Kier alpha value is -1.10. The van der Waals surface area contributed by atoms with Crippen molar-refractivity contribution >= 4 is 11.8 Å². The minimum Gasteiger partial charge on any atom is -0.381 e. The predicted molar refractivity (Wildman–Crippen MR) is 80.8 cm³/mol. The van der Waals surface area contributed by atoms with Crippen LogP contribution in [-0.2, 0) is 14.3 Å². The molecule has 1 saturated heterocycles. The van der Waals surface area contributed by atoms with Crippen LogP contribution in [0.4, 0.5) is 0 Å². The largest absolute Gasteiger partial charge is 0.381 e. The fourth-order valence-corrected chi connectivity index (χ4v) is 2.88. The number of hydrogen-bond acceptors (Lipinski definition) is 3. The average molecular weight is 296 g/mol. The van der Waals surface area contributed by atoms with E-state index in [0.717, 1.165) is 18.9 Å². The second kappa shape index (κ2) is 6.77. The Morgan fingerprint density at radius 3 is 2.52 bits per heavy atom. The number of rotatable bonds is 8. The van der Waals surface area contributed by atoms with Gasteiger partial charge in [0.1, 0.15) is 11.6 Å². The van der Waals surface area contributed by atoms with Crippen molar-refractivity contribution in [1.82, 2.24) is 10.2 Å². The van der Waals surface area contributed by atoms with Gasteiger partial charge in [-0.15, -0.1) is 0 Å². The third kappa shape index (κ3) is 3.57. The van der Waals surface area contributed by atoms with Crippen LogP contribution in [0, 0.1) is 5.92 Å². The molecule has 5 nitrogen and oxygen atoms in total. The lowest BCUT2D eigenvalue weighted by Crippen LogP contribution is -2.69. The Bertz CT molecular complexity index is 389. The second-order valence-electron chi connectivity index (χ2n) is 6.32. The Balaban J connectivity index is 1.87. The zero-order valence-electron chi connectivity index (χ0n) is 13.5. The number of carbonyl (C=O) groups is 2. The fourth-order valence-electron chi connectivity index (χ4n) is 2.88. The normalized spacial score (nSPS) is 25.1. The van der Waals surface area contributed by atoms with E-state index < -0.39 is 5.54 Å². The van der Waals surface area contributed by atoms with Gasteiger partial charge in [0.05, 0.1) is 0 Å². The summed E-state index contributed by atoms with van der Waals surface area (Å²) in [6.07, 6.45) is 4.64. The monoisotopic (exact) mass is 296 g/mol. The van der Waals surface area contributed by atoms with E-state index in [1.807, 2.05) is 13.8 Å². The highest BCUT2D eigenvalue weighted by Crippen LogP contribution is 2.29. The molecule has 120 valence electrons. The number of nitrogens with zero attached hydrogens (tertiary/aromatic N) is 1. The van der Waals surface area contributed by atoms with Crippen molar-refractivity contribution in [1.29, 1.82) is 0 Å². The molecular formula is C16H28N2O3. The molecule has 0 aromatic carbocycles. The maximum atomic E-state index is 12.7. The fraction of sp³-hybridized carbons (Fsp3) is 0.875. The molecule has 0 spiro atoms. The van der Waals surface area contributed by atoms with Crippen LogP contribution in [-0.4, -0.2) is 48.1 Å². The first-order valence-electron chi connectivity index (χ1n) is 8.25. The summed E-state index contributed by atoms with van der Waals surface area (Å²) in [5.41, 5.74) is -0.710. The summed E-state index contributed by atoms with van der Waals surface area (Å²) < 4.78 is 5.61. The Morgan fingerprint density at radius 1 is 1.29 bits per heavy atom. The van der Waals surface area contributed by atoms with Crippen molar-refractivity contribution in [3.63, 3.8) is 0 Å². The number of amides is 2. The molecule has 2 fully saturated rings. The van der Waals surface area contributed by atoms with Crippen molar-refractivity contribution < 1.29 is 14.3 Å². The molecular weight excluding hydrogens is 268 g/mol. The van der Waals surface area contributed by atoms with Gasteiger partial charge in [0, 0.05) is 19.8 Å². The van der Waals surface area contributed by atoms with Crippen LogP contribution in [0.1, 0.15) is 52.9 Å². The highest BCUT2D eigenvalue weighted by atomic mass is 16.5. The van der Waals surface area contributed by atoms with E-state index in [4.69, 9.17) is 4.74 Å². The molecule has 5 heteroatoms. The summed E-state index contributed by atoms with van der Waals surface area (Å²) >= 11 is 0. The van der Waals surface area contributed by atoms with Gasteiger partial charge in [0.15, 0.2) is 0 Å². The zero-order valence-corrected chi connectivity index (χ0v) is 13.5. The summed E-state index contributed by atoms with van der Waals surface area (Å²) in [5, 5.41) is 2.92. The van der Waals surface area contributed by atoms with E-state index in [1.165, 1.54) is 12.8 Å². The standard InChI is InChI=1S/C16H28N2O3/c1-4-16(5-2)15(20)18(12(3)14(19)17-16)9-6-10-21-11-13-7-8-13/h12-13H,4-11H2,1-3H3,(H,17,19). The first kappa shape index (κ1) is 16.3. The number of nitrogens with one attached hydrogen (secondary N) is 1. The number of piperazine rings is 1. The van der Waals surface area contributed by atoms with Gasteiger partial charge in [0.2, 0.25) is 11.8 Å². The summed E-state index contributed by atoms with van der Waals surface area (Å²) in [6.45, 7) is 7.81. The zero-order chi connectivity index (χ0) is 15.5. The molecule has 0 aromatic rings. The lowest BCUT2D eigenvalue weighted by Gasteiger charge is -2.44. The van der Waals surface area contributed by atoms with Gasteiger partial charge in [-0.05, 0) is 44.9 Å². The maximum absolute atomic E-state index is 12.7. The molecule has 0 aromatic heterocycles. The van der Waals surface area contributed by atoms with Crippen LogP contribution in [0.3, 0.4) is 0 Å². The molecule has 1 saturated carbocycles. The van der Waals surface area contributed by atoms with Gasteiger partial charge >= 0.3 is 0 Å². The highest BCUT2D eigenvalue weighted by Gasteiger charge is 2.46. The van der Waals surface area contributed by atoms with E-state index in [-0.39, 0.29) is 17.9 Å². The minimum atomic E-state index is -0.710. The smallest absolute Gasteiger partial charge is 0.248 e. The molecule has 21 heavy (non-hydrogen) atoms. The van der Waals surface area contributed by atoms with Gasteiger partial charge < -0.3 is 15.0 Å². The van der Waals surface area contributed by atoms with E-state index in [1.54, 1.807) is 11.8 Å². The van der Waals surface area contributed by atoms with Crippen molar-refractivity contribution in [2.75, 3.05) is 19.8 Å². The van der Waals surface area contributed by atoms with E-state index in [0.29, 0.717) is 26.0 Å². The Kier molecular flexibility index (Phi) is 5.25. The lowest BCUT2D eigenvalue weighted by atomic mass is 9.87. The molecule has 1 unspecified atom stereocenters. The van der Waals surface area contributed by atoms with Crippen molar-refractivity contribution in [3.8, 4) is 0 Å². The molecule has 0 radical (unpaired) electrons. The number of carbonyl (C=O) groups excluding carboxylic acids is 2. The van der Waals surface area contributed by atoms with Gasteiger partial charge in [-0.3, -0.25) is 9.59 Å². The van der Waals surface area contributed by atoms with Gasteiger partial charge in [-0.25, -0.2) is 0 Å². The molecule has 1 aliphatic carbocycles. The van der Waals surface area contributed by atoms with Gasteiger partial charge in [-0.2, -0.15) is 0 Å². The summed E-state index contributed by atoms with van der Waals surface area (Å²) in [7, 11) is 0. The lowest BCUT2D eigenvalue weighted by molar-refractivity contribution is -0.155. The molecule has 1 atom stereocenters. The Morgan fingerprint density at radius 2 is 1.95 bits per heavy atom. The number of ether oxygens (including phenoxy) is 1. The second-order valence-corrected chi connectivity index (χ2v) is 6.32. The first-order chi connectivity index (χ1) is 10.0. The molecule has 1 aliphatic heterocycles. The minimum absolute atomic E-state index is 0.0443. The van der Waals surface area contributed by atoms with Crippen molar-refractivity contribution in [3.05, 3.63) is 0 Å². The van der Waals surface area contributed by atoms with Gasteiger partial charge in [0.25, 0.3) is 0 Å². The van der Waals surface area contributed by atoms with Crippen LogP contribution in [0.2, 0.25) is 0 Å². The number of hydrogen-bond donors (Lipinski definition) is 1. The maximum Gasteiger partial charge on any atom is 0.248 e. The summed E-state index contributed by atoms with van der Waals surface area (Å²) in [5.74, 6) is 0.776. The molecule has 1 heterocycles. The topological polar surface area (TPSA) is 58.6 Å². The van der Waals surface area contributed by atoms with Crippen LogP contribution < -0.4 is 5.32 Å². The quantitative estimate of drug-likeness (QED) is 0.694.